The average molecular weight is 1380 g/mol. The van der Waals surface area contributed by atoms with E-state index in [-0.39, 0.29) is 18.5 Å². The van der Waals surface area contributed by atoms with E-state index in [4.69, 9.17) is 4.74 Å². The van der Waals surface area contributed by atoms with Crippen LogP contribution in [-0.2, 0) is 14.3 Å². The predicted octanol–water partition coefficient (Wildman–Crippen LogP) is 31.0. The van der Waals surface area contributed by atoms with E-state index in [9.17, 15) is 19.8 Å². The summed E-state index contributed by atoms with van der Waals surface area (Å²) in [6, 6.07) is -0.540. The van der Waals surface area contributed by atoms with Crippen molar-refractivity contribution in [2.24, 2.45) is 0 Å². The number of hydrogen-bond acceptors (Lipinski definition) is 5. The second-order valence-electron chi connectivity index (χ2n) is 32.0. The van der Waals surface area contributed by atoms with Crippen LogP contribution in [-0.4, -0.2) is 47.4 Å². The lowest BCUT2D eigenvalue weighted by Gasteiger charge is -2.22. The van der Waals surface area contributed by atoms with Gasteiger partial charge in [0.05, 0.1) is 25.4 Å². The fourth-order valence-corrected chi connectivity index (χ4v) is 15.1. The van der Waals surface area contributed by atoms with E-state index in [0.717, 1.165) is 38.5 Å². The highest BCUT2D eigenvalue weighted by Gasteiger charge is 2.20. The number of nitrogens with one attached hydrogen (secondary N) is 1. The van der Waals surface area contributed by atoms with Crippen molar-refractivity contribution in [2.45, 2.75) is 553 Å². The standard InChI is InChI=1S/C92H181NO5/c1-3-5-7-9-11-13-15-17-19-21-23-24-25-39-42-45-49-52-56-60-64-68-72-76-80-84-90(95)89(88-94)93-91(96)85-81-77-73-69-65-61-57-53-50-46-43-40-37-35-33-31-29-27-26-28-30-32-34-36-38-41-44-47-51-55-59-63-67-71-75-79-83-87-98-92(97)86-82-78-74-70-66-62-58-54-48-22-20-18-16-14-12-10-8-6-4-2/h26,28,89-90,94-95H,3-25,27,29-88H2,1-2H3,(H,93,96)/b28-26-. The Balaban J connectivity index is 3.32. The van der Waals surface area contributed by atoms with Crippen LogP contribution in [0.3, 0.4) is 0 Å². The second kappa shape index (κ2) is 88.0. The molecule has 0 aromatic carbocycles. The van der Waals surface area contributed by atoms with E-state index < -0.39 is 12.1 Å². The number of amides is 1. The van der Waals surface area contributed by atoms with Crippen molar-refractivity contribution >= 4 is 11.9 Å². The molecule has 0 aliphatic heterocycles. The number of rotatable bonds is 88. The molecule has 0 rings (SSSR count). The van der Waals surface area contributed by atoms with Gasteiger partial charge in [-0.05, 0) is 51.4 Å². The number of ether oxygens (including phenoxy) is 1. The summed E-state index contributed by atoms with van der Waals surface area (Å²) in [4.78, 5) is 24.7. The normalized spacial score (nSPS) is 12.4. The molecule has 98 heavy (non-hydrogen) atoms. The number of carbonyl (C=O) groups is 2. The highest BCUT2D eigenvalue weighted by Crippen LogP contribution is 2.22. The zero-order valence-corrected chi connectivity index (χ0v) is 67.3. The lowest BCUT2D eigenvalue weighted by atomic mass is 10.0. The van der Waals surface area contributed by atoms with Gasteiger partial charge in [-0.1, -0.05) is 488 Å². The maximum absolute atomic E-state index is 12.6. The van der Waals surface area contributed by atoms with Crippen molar-refractivity contribution in [1.29, 1.82) is 0 Å². The van der Waals surface area contributed by atoms with Gasteiger partial charge in [0.25, 0.3) is 0 Å². The van der Waals surface area contributed by atoms with E-state index in [1.54, 1.807) is 0 Å². The lowest BCUT2D eigenvalue weighted by molar-refractivity contribution is -0.143. The lowest BCUT2D eigenvalue weighted by Crippen LogP contribution is -2.45. The molecule has 0 bridgehead atoms. The first kappa shape index (κ1) is 96.6. The summed E-state index contributed by atoms with van der Waals surface area (Å²) >= 11 is 0. The van der Waals surface area contributed by atoms with Crippen LogP contribution in [0.5, 0.6) is 0 Å². The molecule has 0 saturated heterocycles. The Morgan fingerprint density at radius 3 is 0.724 bits per heavy atom. The molecule has 0 radical (unpaired) electrons. The van der Waals surface area contributed by atoms with Crippen molar-refractivity contribution in [3.8, 4) is 0 Å². The van der Waals surface area contributed by atoms with Gasteiger partial charge in [0.15, 0.2) is 0 Å². The van der Waals surface area contributed by atoms with Crippen LogP contribution in [0, 0.1) is 0 Å². The van der Waals surface area contributed by atoms with Gasteiger partial charge in [-0.25, -0.2) is 0 Å². The molecule has 0 aliphatic rings. The predicted molar refractivity (Wildman–Crippen MR) is 435 cm³/mol. The summed E-state index contributed by atoms with van der Waals surface area (Å²) in [5.74, 6) is 0.00404. The molecule has 3 N–H and O–H groups in total. The Bertz CT molecular complexity index is 1500. The van der Waals surface area contributed by atoms with Gasteiger partial charge in [-0.2, -0.15) is 0 Å². The van der Waals surface area contributed by atoms with Crippen LogP contribution in [0.4, 0.5) is 0 Å². The van der Waals surface area contributed by atoms with E-state index in [1.807, 2.05) is 0 Å². The molecular weight excluding hydrogens is 1200 g/mol. The molecular formula is C92H181NO5. The minimum atomic E-state index is -0.663. The van der Waals surface area contributed by atoms with Crippen LogP contribution < -0.4 is 5.32 Å². The number of hydrogen-bond donors (Lipinski definition) is 3. The molecule has 0 aromatic heterocycles. The first-order valence-electron chi connectivity index (χ1n) is 45.9. The Morgan fingerprint density at radius 1 is 0.276 bits per heavy atom. The van der Waals surface area contributed by atoms with Crippen molar-refractivity contribution in [2.75, 3.05) is 13.2 Å². The molecule has 584 valence electrons. The topological polar surface area (TPSA) is 95.9 Å². The summed E-state index contributed by atoms with van der Waals surface area (Å²) in [5.41, 5.74) is 0. The molecule has 0 aromatic rings. The quantitative estimate of drug-likeness (QED) is 0.0320. The summed E-state index contributed by atoms with van der Waals surface area (Å²) in [5, 5.41) is 23.5. The first-order chi connectivity index (χ1) is 48.5. The molecule has 0 saturated carbocycles. The van der Waals surface area contributed by atoms with E-state index in [2.05, 4.69) is 31.3 Å². The summed E-state index contributed by atoms with van der Waals surface area (Å²) < 4.78 is 5.53. The third kappa shape index (κ3) is 83.5. The van der Waals surface area contributed by atoms with Gasteiger partial charge in [0, 0.05) is 12.8 Å². The van der Waals surface area contributed by atoms with Crippen molar-refractivity contribution in [3.63, 3.8) is 0 Å². The molecule has 0 heterocycles. The maximum atomic E-state index is 12.6. The van der Waals surface area contributed by atoms with Crippen molar-refractivity contribution in [1.82, 2.24) is 5.32 Å². The Morgan fingerprint density at radius 2 is 0.480 bits per heavy atom. The van der Waals surface area contributed by atoms with Gasteiger partial charge in [0.2, 0.25) is 5.91 Å². The fraction of sp³-hybridized carbons (Fsp3) is 0.957. The number of aliphatic hydroxyl groups is 2. The number of unbranched alkanes of at least 4 members (excludes halogenated alkanes) is 75. The Hall–Kier alpha value is -1.40. The summed E-state index contributed by atoms with van der Waals surface area (Å²) in [6.45, 7) is 5.03. The fourth-order valence-electron chi connectivity index (χ4n) is 15.1. The molecule has 0 aliphatic carbocycles. The van der Waals surface area contributed by atoms with Gasteiger partial charge in [-0.3, -0.25) is 9.59 Å². The number of carbonyl (C=O) groups excluding carboxylic acids is 2. The van der Waals surface area contributed by atoms with Crippen molar-refractivity contribution < 1.29 is 24.5 Å². The minimum Gasteiger partial charge on any atom is -0.466 e. The molecule has 2 atom stereocenters. The van der Waals surface area contributed by atoms with Gasteiger partial charge in [-0.15, -0.1) is 0 Å². The molecule has 0 fully saturated rings. The Kier molecular flexibility index (Phi) is 86.7. The second-order valence-corrected chi connectivity index (χ2v) is 32.0. The van der Waals surface area contributed by atoms with Gasteiger partial charge in [0.1, 0.15) is 0 Å². The number of allylic oxidation sites excluding steroid dienone is 2. The van der Waals surface area contributed by atoms with E-state index in [0.29, 0.717) is 25.9 Å². The van der Waals surface area contributed by atoms with E-state index >= 15 is 0 Å². The van der Waals surface area contributed by atoms with E-state index in [1.165, 1.54) is 469 Å². The number of esters is 1. The largest absolute Gasteiger partial charge is 0.466 e. The Labute approximate surface area is 616 Å². The van der Waals surface area contributed by atoms with Crippen LogP contribution in [0.15, 0.2) is 12.2 Å². The third-order valence-electron chi connectivity index (χ3n) is 22.1. The smallest absolute Gasteiger partial charge is 0.305 e. The molecule has 1 amide bonds. The van der Waals surface area contributed by atoms with Crippen LogP contribution >= 0.6 is 0 Å². The van der Waals surface area contributed by atoms with Gasteiger partial charge >= 0.3 is 5.97 Å². The van der Waals surface area contributed by atoms with Crippen molar-refractivity contribution in [3.05, 3.63) is 12.2 Å². The molecule has 0 spiro atoms. The summed E-state index contributed by atoms with van der Waals surface area (Å²) in [6.07, 6.45) is 114. The zero-order chi connectivity index (χ0) is 70.5. The summed E-state index contributed by atoms with van der Waals surface area (Å²) in [7, 11) is 0. The zero-order valence-electron chi connectivity index (χ0n) is 67.3. The number of aliphatic hydroxyl groups excluding tert-OH is 2. The molecule has 6 nitrogen and oxygen atoms in total. The van der Waals surface area contributed by atoms with Crippen LogP contribution in [0.2, 0.25) is 0 Å². The average Bonchev–Trinajstić information content (AvgIpc) is 1.58. The monoisotopic (exact) mass is 1380 g/mol. The minimum absolute atomic E-state index is 0.0239. The highest BCUT2D eigenvalue weighted by molar-refractivity contribution is 5.76. The maximum Gasteiger partial charge on any atom is 0.305 e. The van der Waals surface area contributed by atoms with Crippen LogP contribution in [0.25, 0.3) is 0 Å². The van der Waals surface area contributed by atoms with Gasteiger partial charge < -0.3 is 20.3 Å². The molecule has 2 unspecified atom stereocenters. The SMILES string of the molecule is CCCCCCCCCCCCCCCCCCCCCCCCCCCC(O)C(CO)NC(=O)CCCCCCCCCCCCCCCCCCC/C=C\CCCCCCCCCCCCCCCCCCOC(=O)CCCCCCCCCCCCCCCCCCCCC. The third-order valence-corrected chi connectivity index (χ3v) is 22.1. The first-order valence-corrected chi connectivity index (χ1v) is 45.9. The highest BCUT2D eigenvalue weighted by atomic mass is 16.5. The van der Waals surface area contributed by atoms with Crippen LogP contribution in [0.1, 0.15) is 540 Å². The molecule has 6 heteroatoms.